The standard InChI is InChI=1S/C19H26OSSi/c1-5-15-11-18(16(6-2)10-17(15)20)21-12-22-19-9-7-8-13(3)14(19)4/h7-11,20H,5-6,12,22H2,1-4H3. The van der Waals surface area contributed by atoms with Gasteiger partial charge in [0.1, 0.15) is 5.75 Å². The predicted molar refractivity (Wildman–Crippen MR) is 102 cm³/mol. The molecule has 0 bridgehead atoms. The Labute approximate surface area is 141 Å². The van der Waals surface area contributed by atoms with Crippen molar-refractivity contribution in [3.05, 3.63) is 52.6 Å². The van der Waals surface area contributed by atoms with Crippen LogP contribution in [0.4, 0.5) is 0 Å². The van der Waals surface area contributed by atoms with Crippen molar-refractivity contribution in [3.8, 4) is 5.75 Å². The molecule has 0 atom stereocenters. The molecule has 0 spiro atoms. The van der Waals surface area contributed by atoms with Crippen LogP contribution in [-0.4, -0.2) is 20.0 Å². The monoisotopic (exact) mass is 330 g/mol. The van der Waals surface area contributed by atoms with E-state index >= 15 is 0 Å². The fourth-order valence-corrected chi connectivity index (χ4v) is 6.44. The number of phenolic OH excluding ortho intramolecular Hbond substituents is 1. The van der Waals surface area contributed by atoms with Gasteiger partial charge in [-0.05, 0) is 66.5 Å². The highest BCUT2D eigenvalue weighted by Gasteiger charge is 2.09. The van der Waals surface area contributed by atoms with E-state index in [1.165, 1.54) is 27.0 Å². The van der Waals surface area contributed by atoms with Gasteiger partial charge in [0.2, 0.25) is 0 Å². The van der Waals surface area contributed by atoms with E-state index in [1.807, 2.05) is 17.8 Å². The lowest BCUT2D eigenvalue weighted by Gasteiger charge is -2.12. The maximum atomic E-state index is 10.0. The normalized spacial score (nSPS) is 11.5. The number of benzene rings is 2. The fraction of sp³-hybridized carbons (Fsp3) is 0.368. The number of thioether (sulfide) groups is 1. The number of hydrogen-bond donors (Lipinski definition) is 1. The molecule has 0 fully saturated rings. The molecular formula is C19H26OSSi. The molecule has 0 aromatic heterocycles. The molecule has 2 rings (SSSR count). The molecule has 0 aliphatic rings. The Hall–Kier alpha value is -1.19. The molecule has 0 saturated carbocycles. The largest absolute Gasteiger partial charge is 0.508 e. The van der Waals surface area contributed by atoms with Crippen LogP contribution >= 0.6 is 11.8 Å². The van der Waals surface area contributed by atoms with Crippen LogP contribution in [0.1, 0.15) is 36.1 Å². The molecular weight excluding hydrogens is 304 g/mol. The van der Waals surface area contributed by atoms with Gasteiger partial charge in [-0.1, -0.05) is 37.2 Å². The van der Waals surface area contributed by atoms with Gasteiger partial charge >= 0.3 is 0 Å². The quantitative estimate of drug-likeness (QED) is 0.644. The summed E-state index contributed by atoms with van der Waals surface area (Å²) < 4.78 is 0. The molecule has 0 aliphatic heterocycles. The number of rotatable bonds is 6. The summed E-state index contributed by atoms with van der Waals surface area (Å²) in [6.45, 7) is 8.70. The molecule has 22 heavy (non-hydrogen) atoms. The highest BCUT2D eigenvalue weighted by atomic mass is 32.2. The molecule has 0 saturated heterocycles. The third-order valence-electron chi connectivity index (χ3n) is 4.37. The van der Waals surface area contributed by atoms with E-state index in [9.17, 15) is 5.11 Å². The summed E-state index contributed by atoms with van der Waals surface area (Å²) in [6.07, 6.45) is 1.86. The molecule has 0 radical (unpaired) electrons. The average Bonchev–Trinajstić information content (AvgIpc) is 2.52. The van der Waals surface area contributed by atoms with Gasteiger partial charge in [0.15, 0.2) is 0 Å². The molecule has 118 valence electrons. The second kappa shape index (κ2) is 7.89. The summed E-state index contributed by atoms with van der Waals surface area (Å²) in [5.74, 6) is 0.454. The minimum Gasteiger partial charge on any atom is -0.508 e. The molecule has 3 heteroatoms. The summed E-state index contributed by atoms with van der Waals surface area (Å²) >= 11 is 1.97. The van der Waals surface area contributed by atoms with E-state index in [0.717, 1.165) is 18.4 Å². The smallest absolute Gasteiger partial charge is 0.119 e. The Balaban J connectivity index is 2.09. The van der Waals surface area contributed by atoms with Crippen molar-refractivity contribution in [3.63, 3.8) is 0 Å². The number of phenols is 1. The van der Waals surface area contributed by atoms with Crippen molar-refractivity contribution < 1.29 is 5.11 Å². The van der Waals surface area contributed by atoms with Crippen LogP contribution in [0.5, 0.6) is 5.75 Å². The van der Waals surface area contributed by atoms with Crippen molar-refractivity contribution in [1.29, 1.82) is 0 Å². The summed E-state index contributed by atoms with van der Waals surface area (Å²) in [7, 11) is -0.257. The Morgan fingerprint density at radius 2 is 1.77 bits per heavy atom. The highest BCUT2D eigenvalue weighted by Crippen LogP contribution is 2.30. The van der Waals surface area contributed by atoms with Crippen LogP contribution in [0.2, 0.25) is 0 Å². The zero-order valence-corrected chi connectivity index (χ0v) is 16.3. The van der Waals surface area contributed by atoms with Crippen LogP contribution in [0.3, 0.4) is 0 Å². The Morgan fingerprint density at radius 3 is 2.45 bits per heavy atom. The molecule has 0 aliphatic carbocycles. The summed E-state index contributed by atoms with van der Waals surface area (Å²) in [5, 5.41) is 12.8. The Morgan fingerprint density at radius 1 is 1.05 bits per heavy atom. The van der Waals surface area contributed by atoms with E-state index in [2.05, 4.69) is 52.0 Å². The summed E-state index contributed by atoms with van der Waals surface area (Å²) in [6, 6.07) is 10.8. The second-order valence-electron chi connectivity index (χ2n) is 5.75. The van der Waals surface area contributed by atoms with Crippen LogP contribution in [0.25, 0.3) is 0 Å². The van der Waals surface area contributed by atoms with Gasteiger partial charge in [0, 0.05) is 4.90 Å². The number of aryl methyl sites for hydroxylation is 3. The molecule has 2 aromatic rings. The Bertz CT molecular complexity index is 652. The summed E-state index contributed by atoms with van der Waals surface area (Å²) in [4.78, 5) is 1.36. The van der Waals surface area contributed by atoms with Gasteiger partial charge < -0.3 is 5.11 Å². The van der Waals surface area contributed by atoms with Crippen LogP contribution in [0.15, 0.2) is 35.2 Å². The molecule has 0 unspecified atom stereocenters. The van der Waals surface area contributed by atoms with Gasteiger partial charge in [-0.3, -0.25) is 0 Å². The lowest BCUT2D eigenvalue weighted by atomic mass is 10.1. The molecule has 1 N–H and O–H groups in total. The highest BCUT2D eigenvalue weighted by molar-refractivity contribution is 8.00. The maximum absolute atomic E-state index is 10.0. The van der Waals surface area contributed by atoms with Crippen molar-refractivity contribution in [2.75, 3.05) is 5.38 Å². The van der Waals surface area contributed by atoms with Gasteiger partial charge in [0.05, 0.1) is 9.52 Å². The van der Waals surface area contributed by atoms with Gasteiger partial charge in [-0.15, -0.1) is 11.8 Å². The fourth-order valence-electron chi connectivity index (χ4n) is 2.70. The lowest BCUT2D eigenvalue weighted by Crippen LogP contribution is -2.20. The van der Waals surface area contributed by atoms with E-state index in [1.54, 1.807) is 5.19 Å². The van der Waals surface area contributed by atoms with Gasteiger partial charge in [-0.25, -0.2) is 0 Å². The molecule has 0 amide bonds. The van der Waals surface area contributed by atoms with Crippen molar-refractivity contribution in [1.82, 2.24) is 0 Å². The third-order valence-corrected chi connectivity index (χ3v) is 8.00. The van der Waals surface area contributed by atoms with Crippen LogP contribution in [0, 0.1) is 13.8 Å². The molecule has 1 nitrogen and oxygen atoms in total. The SMILES string of the molecule is CCc1cc(SC[SiH2]c2cccc(C)c2C)c(CC)cc1O. The Kier molecular flexibility index (Phi) is 6.15. The van der Waals surface area contributed by atoms with E-state index in [4.69, 9.17) is 0 Å². The van der Waals surface area contributed by atoms with Gasteiger partial charge in [0.25, 0.3) is 0 Å². The molecule has 2 aromatic carbocycles. The third kappa shape index (κ3) is 3.96. The topological polar surface area (TPSA) is 20.2 Å². The van der Waals surface area contributed by atoms with Crippen molar-refractivity contribution >= 4 is 26.5 Å². The first-order valence-corrected chi connectivity index (χ1v) is 10.8. The first kappa shape index (κ1) is 17.2. The maximum Gasteiger partial charge on any atom is 0.119 e. The van der Waals surface area contributed by atoms with Crippen molar-refractivity contribution in [2.45, 2.75) is 45.4 Å². The van der Waals surface area contributed by atoms with Crippen LogP contribution in [-0.2, 0) is 12.8 Å². The minimum absolute atomic E-state index is 0.257. The summed E-state index contributed by atoms with van der Waals surface area (Å²) in [5.41, 5.74) is 5.22. The first-order valence-electron chi connectivity index (χ1n) is 8.09. The molecule has 0 heterocycles. The van der Waals surface area contributed by atoms with Crippen molar-refractivity contribution in [2.24, 2.45) is 0 Å². The van der Waals surface area contributed by atoms with E-state index < -0.39 is 0 Å². The van der Waals surface area contributed by atoms with E-state index in [-0.39, 0.29) is 9.52 Å². The number of aromatic hydroxyl groups is 1. The predicted octanol–water partition coefficient (Wildman–Crippen LogP) is 3.68. The zero-order chi connectivity index (χ0) is 16.1. The van der Waals surface area contributed by atoms with E-state index in [0.29, 0.717) is 5.75 Å². The lowest BCUT2D eigenvalue weighted by molar-refractivity contribution is 0.467. The second-order valence-corrected chi connectivity index (χ2v) is 9.38. The average molecular weight is 331 g/mol. The van der Waals surface area contributed by atoms with Gasteiger partial charge in [-0.2, -0.15) is 0 Å². The van der Waals surface area contributed by atoms with Crippen LogP contribution < -0.4 is 5.19 Å². The first-order chi connectivity index (χ1) is 10.6. The minimum atomic E-state index is -0.257. The zero-order valence-electron chi connectivity index (χ0n) is 14.1. The number of hydrogen-bond acceptors (Lipinski definition) is 2.